The number of nitrogens with two attached hydrogens (primary N) is 1. The van der Waals surface area contributed by atoms with Gasteiger partial charge < -0.3 is 16.4 Å². The molecule has 0 spiro atoms. The van der Waals surface area contributed by atoms with Crippen LogP contribution in [-0.4, -0.2) is 56.0 Å². The molecule has 1 saturated carbocycles. The molecule has 0 unspecified atom stereocenters. The van der Waals surface area contributed by atoms with E-state index in [-0.39, 0.29) is 17.1 Å². The van der Waals surface area contributed by atoms with Gasteiger partial charge >= 0.3 is 0 Å². The fraction of sp³-hybridized carbons (Fsp3) is 0.579. The first-order valence-electron chi connectivity index (χ1n) is 9.25. The number of nitrogens with one attached hydrogen (secondary N) is 2. The summed E-state index contributed by atoms with van der Waals surface area (Å²) in [5.41, 5.74) is 6.33. The molecule has 7 heteroatoms. The first kappa shape index (κ1) is 18.6. The number of amides is 1. The van der Waals surface area contributed by atoms with Crippen LogP contribution in [0.4, 0.5) is 4.39 Å². The van der Waals surface area contributed by atoms with Crippen molar-refractivity contribution in [3.63, 3.8) is 0 Å². The number of likely N-dealkylation sites (tertiary alicyclic amines) is 1. The van der Waals surface area contributed by atoms with Crippen molar-refractivity contribution in [2.45, 2.75) is 37.1 Å². The molecule has 2 fully saturated rings. The summed E-state index contributed by atoms with van der Waals surface area (Å²) in [5, 5.41) is 6.87. The fourth-order valence-corrected chi connectivity index (χ4v) is 3.63. The maximum atomic E-state index is 13.5. The van der Waals surface area contributed by atoms with E-state index in [0.717, 1.165) is 56.8 Å². The molecule has 1 amide bonds. The number of carbonyl (C=O) groups excluding carboxylic acids is 1. The molecule has 142 valence electrons. The maximum absolute atomic E-state index is 13.5. The Kier molecular flexibility index (Phi) is 5.76. The van der Waals surface area contributed by atoms with Gasteiger partial charge in [-0.25, -0.2) is 4.39 Å². The normalized spacial score (nSPS) is 20.6. The van der Waals surface area contributed by atoms with Crippen molar-refractivity contribution >= 4 is 11.9 Å². The lowest BCUT2D eigenvalue weighted by Gasteiger charge is -2.32. The SMILES string of the molecule is CN=C(NCC1(c2cccc(F)c2)CC1)NC1CCN(CC(N)=O)CC1. The number of aliphatic imine (C=N–C) groups is 1. The summed E-state index contributed by atoms with van der Waals surface area (Å²) in [6, 6.07) is 7.23. The minimum absolute atomic E-state index is 0.0184. The maximum Gasteiger partial charge on any atom is 0.231 e. The summed E-state index contributed by atoms with van der Waals surface area (Å²) in [5.74, 6) is 0.320. The van der Waals surface area contributed by atoms with Gasteiger partial charge in [0.2, 0.25) is 5.91 Å². The molecule has 1 aliphatic carbocycles. The summed E-state index contributed by atoms with van der Waals surface area (Å²) < 4.78 is 13.5. The minimum Gasteiger partial charge on any atom is -0.369 e. The summed E-state index contributed by atoms with van der Waals surface area (Å²) in [4.78, 5) is 17.4. The number of hydrogen-bond donors (Lipinski definition) is 3. The summed E-state index contributed by atoms with van der Waals surface area (Å²) in [6.07, 6.45) is 4.02. The van der Waals surface area contributed by atoms with Crippen molar-refractivity contribution in [1.82, 2.24) is 15.5 Å². The summed E-state index contributed by atoms with van der Waals surface area (Å²) >= 11 is 0. The molecule has 1 heterocycles. The van der Waals surface area contributed by atoms with Crippen molar-refractivity contribution in [3.8, 4) is 0 Å². The first-order chi connectivity index (χ1) is 12.5. The standard InChI is InChI=1S/C19H28FN5O/c1-22-18(24-16-5-9-25(10-6-16)12-17(21)26)23-13-19(7-8-19)14-3-2-4-15(20)11-14/h2-4,11,16H,5-10,12-13H2,1H3,(H2,21,26)(H2,22,23,24). The lowest BCUT2D eigenvalue weighted by Crippen LogP contribution is -2.50. The van der Waals surface area contributed by atoms with Crippen LogP contribution in [0, 0.1) is 5.82 Å². The molecule has 0 bridgehead atoms. The van der Waals surface area contributed by atoms with Crippen LogP contribution < -0.4 is 16.4 Å². The Bertz CT molecular complexity index is 666. The van der Waals surface area contributed by atoms with E-state index in [0.29, 0.717) is 12.6 Å². The van der Waals surface area contributed by atoms with Gasteiger partial charge in [0.1, 0.15) is 5.82 Å². The van der Waals surface area contributed by atoms with Crippen LogP contribution in [-0.2, 0) is 10.2 Å². The van der Waals surface area contributed by atoms with E-state index < -0.39 is 0 Å². The zero-order valence-corrected chi connectivity index (χ0v) is 15.3. The second kappa shape index (κ2) is 8.03. The lowest BCUT2D eigenvalue weighted by molar-refractivity contribution is -0.119. The van der Waals surface area contributed by atoms with Crippen molar-refractivity contribution < 1.29 is 9.18 Å². The van der Waals surface area contributed by atoms with Gasteiger partial charge in [-0.1, -0.05) is 12.1 Å². The van der Waals surface area contributed by atoms with Gasteiger partial charge in [0.25, 0.3) is 0 Å². The molecule has 1 aromatic carbocycles. The van der Waals surface area contributed by atoms with E-state index in [1.54, 1.807) is 19.2 Å². The summed E-state index contributed by atoms with van der Waals surface area (Å²) in [7, 11) is 1.76. The molecule has 6 nitrogen and oxygen atoms in total. The highest BCUT2D eigenvalue weighted by molar-refractivity contribution is 5.80. The second-order valence-electron chi connectivity index (χ2n) is 7.38. The van der Waals surface area contributed by atoms with Crippen LogP contribution in [0.2, 0.25) is 0 Å². The van der Waals surface area contributed by atoms with Crippen LogP contribution in [0.15, 0.2) is 29.3 Å². The monoisotopic (exact) mass is 361 g/mol. The number of primary amides is 1. The number of carbonyl (C=O) groups is 1. The molecule has 26 heavy (non-hydrogen) atoms. The van der Waals surface area contributed by atoms with Crippen molar-refractivity contribution in [1.29, 1.82) is 0 Å². The van der Waals surface area contributed by atoms with Gasteiger partial charge in [0, 0.05) is 38.1 Å². The Balaban J connectivity index is 1.48. The third kappa shape index (κ3) is 4.72. The Morgan fingerprint density at radius 2 is 2.12 bits per heavy atom. The van der Waals surface area contributed by atoms with Crippen molar-refractivity contribution in [2.24, 2.45) is 10.7 Å². The molecular formula is C19H28FN5O. The molecule has 0 atom stereocenters. The minimum atomic E-state index is -0.277. The Morgan fingerprint density at radius 1 is 1.38 bits per heavy atom. The number of benzene rings is 1. The van der Waals surface area contributed by atoms with Crippen LogP contribution in [0.1, 0.15) is 31.2 Å². The van der Waals surface area contributed by atoms with Crippen LogP contribution in [0.25, 0.3) is 0 Å². The van der Waals surface area contributed by atoms with E-state index in [4.69, 9.17) is 5.73 Å². The Hall–Kier alpha value is -2.15. The predicted molar refractivity (Wildman–Crippen MR) is 100 cm³/mol. The van der Waals surface area contributed by atoms with E-state index in [1.807, 2.05) is 6.07 Å². The topological polar surface area (TPSA) is 82.8 Å². The number of halogens is 1. The molecule has 0 radical (unpaired) electrons. The Morgan fingerprint density at radius 3 is 2.69 bits per heavy atom. The third-order valence-electron chi connectivity index (χ3n) is 5.42. The molecule has 3 rings (SSSR count). The fourth-order valence-electron chi connectivity index (χ4n) is 3.63. The van der Waals surface area contributed by atoms with Gasteiger partial charge in [-0.2, -0.15) is 0 Å². The lowest BCUT2D eigenvalue weighted by atomic mass is 9.96. The average Bonchev–Trinajstić information content (AvgIpc) is 3.41. The van der Waals surface area contributed by atoms with Crippen LogP contribution in [0.5, 0.6) is 0 Å². The smallest absolute Gasteiger partial charge is 0.231 e. The van der Waals surface area contributed by atoms with E-state index in [1.165, 1.54) is 6.07 Å². The van der Waals surface area contributed by atoms with Crippen LogP contribution >= 0.6 is 0 Å². The number of piperidine rings is 1. The van der Waals surface area contributed by atoms with Gasteiger partial charge in [-0.3, -0.25) is 14.7 Å². The molecule has 1 saturated heterocycles. The number of rotatable bonds is 6. The second-order valence-corrected chi connectivity index (χ2v) is 7.38. The Labute approximate surface area is 154 Å². The molecule has 1 aliphatic heterocycles. The molecule has 0 aromatic heterocycles. The third-order valence-corrected chi connectivity index (χ3v) is 5.42. The van der Waals surface area contributed by atoms with E-state index in [2.05, 4.69) is 20.5 Å². The highest BCUT2D eigenvalue weighted by Crippen LogP contribution is 2.47. The average molecular weight is 361 g/mol. The molecule has 1 aromatic rings. The van der Waals surface area contributed by atoms with Crippen molar-refractivity contribution in [2.75, 3.05) is 33.2 Å². The van der Waals surface area contributed by atoms with Crippen molar-refractivity contribution in [3.05, 3.63) is 35.6 Å². The summed E-state index contributed by atoms with van der Waals surface area (Å²) in [6.45, 7) is 2.78. The number of nitrogens with zero attached hydrogens (tertiary/aromatic N) is 2. The predicted octanol–water partition coefficient (Wildman–Crippen LogP) is 0.972. The number of hydrogen-bond acceptors (Lipinski definition) is 3. The highest BCUT2D eigenvalue weighted by atomic mass is 19.1. The van der Waals surface area contributed by atoms with Gasteiger partial charge in [-0.15, -0.1) is 0 Å². The first-order valence-corrected chi connectivity index (χ1v) is 9.25. The zero-order chi connectivity index (χ0) is 18.6. The van der Waals surface area contributed by atoms with Gasteiger partial charge in [0.15, 0.2) is 5.96 Å². The molecule has 4 N–H and O–H groups in total. The molecule has 2 aliphatic rings. The van der Waals surface area contributed by atoms with Crippen LogP contribution in [0.3, 0.4) is 0 Å². The van der Waals surface area contributed by atoms with E-state index in [9.17, 15) is 9.18 Å². The highest BCUT2D eigenvalue weighted by Gasteiger charge is 2.44. The van der Waals surface area contributed by atoms with Gasteiger partial charge in [0.05, 0.1) is 6.54 Å². The zero-order valence-electron chi connectivity index (χ0n) is 15.3. The van der Waals surface area contributed by atoms with E-state index >= 15 is 0 Å². The number of guanidine groups is 1. The quantitative estimate of drug-likeness (QED) is 0.521. The largest absolute Gasteiger partial charge is 0.369 e. The van der Waals surface area contributed by atoms with Gasteiger partial charge in [-0.05, 0) is 43.4 Å². The molecular weight excluding hydrogens is 333 g/mol.